The van der Waals surface area contributed by atoms with Crippen molar-refractivity contribution in [3.8, 4) is 11.5 Å². The zero-order valence-corrected chi connectivity index (χ0v) is 14.4. The van der Waals surface area contributed by atoms with E-state index in [0.29, 0.717) is 19.6 Å². The van der Waals surface area contributed by atoms with Crippen LogP contribution in [0.5, 0.6) is 11.5 Å². The van der Waals surface area contributed by atoms with Crippen LogP contribution in [-0.2, 0) is 17.6 Å². The van der Waals surface area contributed by atoms with Crippen LogP contribution in [0.15, 0.2) is 58.5 Å². The van der Waals surface area contributed by atoms with Gasteiger partial charge in [0.15, 0.2) is 11.5 Å². The predicted octanol–water partition coefficient (Wildman–Crippen LogP) is 1.85. The van der Waals surface area contributed by atoms with Gasteiger partial charge in [0.05, 0.1) is 6.61 Å². The summed E-state index contributed by atoms with van der Waals surface area (Å²) in [5.74, 6) is 1.62. The minimum Gasteiger partial charge on any atom is -0.465 e. The van der Waals surface area contributed by atoms with Gasteiger partial charge < -0.3 is 25.7 Å². The molecule has 7 nitrogen and oxygen atoms in total. The molecule has 1 heterocycles. The smallest absolute Gasteiger partial charge is 0.289 e. The van der Waals surface area contributed by atoms with Crippen molar-refractivity contribution in [3.63, 3.8) is 0 Å². The predicted molar refractivity (Wildman–Crippen MR) is 100 cm³/mol. The first kappa shape index (κ1) is 17.6. The number of guanidine groups is 1. The molecule has 0 fully saturated rings. The summed E-state index contributed by atoms with van der Waals surface area (Å²) in [6.45, 7) is 1.19. The van der Waals surface area contributed by atoms with Crippen LogP contribution in [0.25, 0.3) is 0 Å². The standard InChI is InChI=1S/C19H22N4O3/c20-18(23-19(21)24-11-9-14-4-2-1-3-5-14)22-10-8-15-6-7-16-17(12-15)26-13-25-16/h1-7,12H,8-11,13H2,(H4,20,21,22,23). The summed E-state index contributed by atoms with van der Waals surface area (Å²) in [6, 6.07) is 15.8. The summed E-state index contributed by atoms with van der Waals surface area (Å²) in [4.78, 5) is 8.15. The molecule has 0 spiro atoms. The topological polar surface area (TPSA) is 104 Å². The van der Waals surface area contributed by atoms with E-state index in [4.69, 9.17) is 25.7 Å². The molecule has 0 unspecified atom stereocenters. The second-order valence-corrected chi connectivity index (χ2v) is 5.71. The molecule has 1 aliphatic heterocycles. The fourth-order valence-corrected chi connectivity index (χ4v) is 2.49. The fraction of sp³-hybridized carbons (Fsp3) is 0.263. The molecule has 0 aliphatic carbocycles. The van der Waals surface area contributed by atoms with Crippen LogP contribution in [-0.4, -0.2) is 31.9 Å². The minimum absolute atomic E-state index is 0.0188. The Morgan fingerprint density at radius 1 is 0.962 bits per heavy atom. The second kappa shape index (κ2) is 8.75. The minimum atomic E-state index is 0.0188. The van der Waals surface area contributed by atoms with E-state index in [-0.39, 0.29) is 18.8 Å². The highest BCUT2D eigenvalue weighted by Gasteiger charge is 2.12. The summed E-state index contributed by atoms with van der Waals surface area (Å²) in [5.41, 5.74) is 13.7. The number of hydrogen-bond donors (Lipinski definition) is 2. The Labute approximate surface area is 152 Å². The monoisotopic (exact) mass is 354 g/mol. The van der Waals surface area contributed by atoms with Gasteiger partial charge in [-0.3, -0.25) is 4.99 Å². The third-order valence-corrected chi connectivity index (χ3v) is 3.82. The normalized spacial score (nSPS) is 13.7. The number of aliphatic imine (C=N–C) groups is 2. The van der Waals surface area contributed by atoms with Crippen LogP contribution >= 0.6 is 0 Å². The van der Waals surface area contributed by atoms with Crippen molar-refractivity contribution in [3.05, 3.63) is 59.7 Å². The van der Waals surface area contributed by atoms with Crippen LogP contribution in [0, 0.1) is 0 Å². The molecule has 26 heavy (non-hydrogen) atoms. The number of nitrogens with two attached hydrogens (primary N) is 2. The van der Waals surface area contributed by atoms with Crippen LogP contribution in [0.3, 0.4) is 0 Å². The Balaban J connectivity index is 1.42. The number of fused-ring (bicyclic) bond motifs is 1. The third kappa shape index (κ3) is 5.14. The van der Waals surface area contributed by atoms with E-state index in [9.17, 15) is 0 Å². The fourth-order valence-electron chi connectivity index (χ4n) is 2.49. The first-order valence-electron chi connectivity index (χ1n) is 8.40. The third-order valence-electron chi connectivity index (χ3n) is 3.82. The van der Waals surface area contributed by atoms with Gasteiger partial charge in [-0.1, -0.05) is 36.4 Å². The maximum atomic E-state index is 5.77. The Morgan fingerprint density at radius 3 is 2.62 bits per heavy atom. The molecule has 0 saturated carbocycles. The lowest BCUT2D eigenvalue weighted by atomic mass is 10.1. The van der Waals surface area contributed by atoms with Crippen LogP contribution < -0.4 is 20.9 Å². The van der Waals surface area contributed by atoms with E-state index in [1.165, 1.54) is 5.56 Å². The van der Waals surface area contributed by atoms with Crippen LogP contribution in [0.2, 0.25) is 0 Å². The van der Waals surface area contributed by atoms with Gasteiger partial charge in [0.2, 0.25) is 12.8 Å². The van der Waals surface area contributed by atoms with E-state index in [1.807, 2.05) is 48.5 Å². The SMILES string of the molecule is NC(=NCCc1ccc2c(c1)OCO2)N=C(N)OCCc1ccccc1. The highest BCUT2D eigenvalue weighted by atomic mass is 16.7. The van der Waals surface area contributed by atoms with Gasteiger partial charge in [-0.15, -0.1) is 0 Å². The Morgan fingerprint density at radius 2 is 1.77 bits per heavy atom. The van der Waals surface area contributed by atoms with Crippen molar-refractivity contribution in [1.82, 2.24) is 0 Å². The molecule has 4 N–H and O–H groups in total. The number of amidine groups is 1. The van der Waals surface area contributed by atoms with Crippen molar-refractivity contribution in [1.29, 1.82) is 0 Å². The van der Waals surface area contributed by atoms with Gasteiger partial charge in [0.25, 0.3) is 6.02 Å². The van der Waals surface area contributed by atoms with E-state index in [1.54, 1.807) is 0 Å². The summed E-state index contributed by atoms with van der Waals surface area (Å²) < 4.78 is 16.0. The largest absolute Gasteiger partial charge is 0.465 e. The molecule has 0 atom stereocenters. The second-order valence-electron chi connectivity index (χ2n) is 5.71. The van der Waals surface area contributed by atoms with Gasteiger partial charge in [-0.05, 0) is 29.7 Å². The number of benzene rings is 2. The molecule has 0 aromatic heterocycles. The Hall–Kier alpha value is -3.22. The lowest BCUT2D eigenvalue weighted by molar-refractivity contribution is 0.174. The summed E-state index contributed by atoms with van der Waals surface area (Å²) in [7, 11) is 0. The van der Waals surface area contributed by atoms with Gasteiger partial charge in [-0.25, -0.2) is 0 Å². The van der Waals surface area contributed by atoms with Crippen LogP contribution in [0.1, 0.15) is 11.1 Å². The van der Waals surface area contributed by atoms with Gasteiger partial charge in [-0.2, -0.15) is 4.99 Å². The van der Waals surface area contributed by atoms with Crippen molar-refractivity contribution in [2.24, 2.45) is 21.5 Å². The van der Waals surface area contributed by atoms with E-state index < -0.39 is 0 Å². The van der Waals surface area contributed by atoms with Gasteiger partial charge in [0.1, 0.15) is 0 Å². The molecular weight excluding hydrogens is 332 g/mol. The van der Waals surface area contributed by atoms with Crippen molar-refractivity contribution in [2.45, 2.75) is 12.8 Å². The molecule has 0 saturated heterocycles. The van der Waals surface area contributed by atoms with Crippen molar-refractivity contribution >= 4 is 12.0 Å². The first-order chi connectivity index (χ1) is 12.7. The molecule has 2 aromatic rings. The number of ether oxygens (including phenoxy) is 3. The molecular formula is C19H22N4O3. The Bertz CT molecular complexity index is 791. The summed E-state index contributed by atoms with van der Waals surface area (Å²) in [6.07, 6.45) is 1.46. The first-order valence-corrected chi connectivity index (χ1v) is 8.40. The molecule has 0 radical (unpaired) electrons. The molecule has 7 heteroatoms. The van der Waals surface area contributed by atoms with E-state index in [2.05, 4.69) is 9.98 Å². The quantitative estimate of drug-likeness (QED) is 0.608. The summed E-state index contributed by atoms with van der Waals surface area (Å²) >= 11 is 0. The molecule has 136 valence electrons. The maximum absolute atomic E-state index is 5.77. The number of nitrogens with zero attached hydrogens (tertiary/aromatic N) is 2. The highest BCUT2D eigenvalue weighted by molar-refractivity contribution is 5.90. The van der Waals surface area contributed by atoms with Crippen molar-refractivity contribution in [2.75, 3.05) is 19.9 Å². The lowest BCUT2D eigenvalue weighted by Gasteiger charge is -2.05. The molecule has 0 amide bonds. The summed E-state index contributed by atoms with van der Waals surface area (Å²) in [5, 5.41) is 0. The van der Waals surface area contributed by atoms with Crippen LogP contribution in [0.4, 0.5) is 0 Å². The zero-order valence-electron chi connectivity index (χ0n) is 14.4. The van der Waals surface area contributed by atoms with Crippen molar-refractivity contribution < 1.29 is 14.2 Å². The zero-order chi connectivity index (χ0) is 18.2. The van der Waals surface area contributed by atoms with Gasteiger partial charge in [0, 0.05) is 13.0 Å². The van der Waals surface area contributed by atoms with E-state index in [0.717, 1.165) is 23.5 Å². The van der Waals surface area contributed by atoms with Gasteiger partial charge >= 0.3 is 0 Å². The highest BCUT2D eigenvalue weighted by Crippen LogP contribution is 2.32. The number of rotatable bonds is 6. The average Bonchev–Trinajstić information content (AvgIpc) is 3.10. The Kier molecular flexibility index (Phi) is 5.92. The van der Waals surface area contributed by atoms with E-state index >= 15 is 0 Å². The molecule has 0 bridgehead atoms. The maximum Gasteiger partial charge on any atom is 0.289 e. The number of hydrogen-bond acceptors (Lipinski definition) is 4. The average molecular weight is 354 g/mol. The molecule has 1 aliphatic rings. The lowest BCUT2D eigenvalue weighted by Crippen LogP contribution is -2.22. The molecule has 3 rings (SSSR count). The molecule has 2 aromatic carbocycles.